The molecular weight excluding hydrogens is 172 g/mol. The first kappa shape index (κ1) is 8.73. The number of aryl methyl sites for hydroxylation is 1. The van der Waals surface area contributed by atoms with Crippen LogP contribution in [0.25, 0.3) is 0 Å². The van der Waals surface area contributed by atoms with E-state index in [2.05, 4.69) is 10.2 Å². The van der Waals surface area contributed by atoms with Gasteiger partial charge in [-0.25, -0.2) is 0 Å². The molecular formula is C7H10N4S. The zero-order valence-corrected chi connectivity index (χ0v) is 7.51. The fraction of sp³-hybridized carbons (Fsp3) is 0.143. The highest BCUT2D eigenvalue weighted by Gasteiger charge is 1.93. The lowest BCUT2D eigenvalue weighted by Crippen LogP contribution is -2.21. The maximum absolute atomic E-state index is 5.09. The van der Waals surface area contributed by atoms with Gasteiger partial charge in [0.15, 0.2) is 0 Å². The molecule has 0 radical (unpaired) electrons. The molecule has 64 valence electrons. The molecule has 0 aliphatic heterocycles. The third kappa shape index (κ3) is 2.35. The van der Waals surface area contributed by atoms with E-state index in [0.29, 0.717) is 0 Å². The summed E-state index contributed by atoms with van der Waals surface area (Å²) in [5.41, 5.74) is 11.4. The minimum Gasteiger partial charge on any atom is -0.369 e. The summed E-state index contributed by atoms with van der Waals surface area (Å²) in [6.45, 7) is 2.01. The van der Waals surface area contributed by atoms with Crippen molar-refractivity contribution in [2.75, 3.05) is 0 Å². The smallest absolute Gasteiger partial charge is 0.211 e. The summed E-state index contributed by atoms with van der Waals surface area (Å²) in [5.74, 6) is -0.0274. The van der Waals surface area contributed by atoms with E-state index < -0.39 is 0 Å². The van der Waals surface area contributed by atoms with Crippen molar-refractivity contribution in [2.45, 2.75) is 6.92 Å². The first-order valence-electron chi connectivity index (χ1n) is 3.36. The summed E-state index contributed by atoms with van der Waals surface area (Å²) in [6.07, 6.45) is 1.64. The van der Waals surface area contributed by atoms with Gasteiger partial charge in [-0.05, 0) is 23.9 Å². The highest BCUT2D eigenvalue weighted by molar-refractivity contribution is 7.11. The van der Waals surface area contributed by atoms with Gasteiger partial charge in [0.25, 0.3) is 0 Å². The molecule has 0 fully saturated rings. The monoisotopic (exact) mass is 182 g/mol. The van der Waals surface area contributed by atoms with Gasteiger partial charge < -0.3 is 11.5 Å². The summed E-state index contributed by atoms with van der Waals surface area (Å²) in [4.78, 5) is 1.07. The Morgan fingerprint density at radius 1 is 1.58 bits per heavy atom. The Bertz CT molecular complexity index is 309. The van der Waals surface area contributed by atoms with E-state index in [-0.39, 0.29) is 5.96 Å². The molecule has 0 spiro atoms. The van der Waals surface area contributed by atoms with E-state index in [4.69, 9.17) is 11.5 Å². The standard InChI is InChI=1S/C7H10N4S/c1-5-2-3-12-6(5)4-10-11-7(8)9/h2-4H,1H3,(H4,8,9,11)/b10-4+. The average molecular weight is 182 g/mol. The Kier molecular flexibility index (Phi) is 2.82. The summed E-state index contributed by atoms with van der Waals surface area (Å²) < 4.78 is 0. The van der Waals surface area contributed by atoms with Gasteiger partial charge in [-0.1, -0.05) is 0 Å². The van der Waals surface area contributed by atoms with Gasteiger partial charge in [-0.15, -0.1) is 16.4 Å². The lowest BCUT2D eigenvalue weighted by Gasteiger charge is -1.86. The Morgan fingerprint density at radius 3 is 2.83 bits per heavy atom. The quantitative estimate of drug-likeness (QED) is 0.400. The number of nitrogens with two attached hydrogens (primary N) is 2. The summed E-state index contributed by atoms with van der Waals surface area (Å²) in [7, 11) is 0. The lowest BCUT2D eigenvalue weighted by atomic mass is 10.3. The van der Waals surface area contributed by atoms with E-state index >= 15 is 0 Å². The molecule has 1 aromatic heterocycles. The minimum atomic E-state index is -0.0274. The van der Waals surface area contributed by atoms with E-state index in [0.717, 1.165) is 4.88 Å². The molecule has 0 atom stereocenters. The molecule has 0 unspecified atom stereocenters. The molecule has 0 saturated heterocycles. The van der Waals surface area contributed by atoms with Gasteiger partial charge in [0, 0.05) is 0 Å². The molecule has 4 N–H and O–H groups in total. The fourth-order valence-electron chi connectivity index (χ4n) is 0.665. The predicted octanol–water partition coefficient (Wildman–Crippen LogP) is 0.664. The van der Waals surface area contributed by atoms with Gasteiger partial charge in [0.2, 0.25) is 5.96 Å². The summed E-state index contributed by atoms with van der Waals surface area (Å²) in [6, 6.07) is 2.02. The van der Waals surface area contributed by atoms with Gasteiger partial charge in [0.1, 0.15) is 0 Å². The number of hydrogen-bond donors (Lipinski definition) is 2. The maximum Gasteiger partial charge on any atom is 0.211 e. The predicted molar refractivity (Wildman–Crippen MR) is 52.5 cm³/mol. The Hall–Kier alpha value is -1.36. The molecule has 1 aromatic rings. The number of rotatable bonds is 2. The van der Waals surface area contributed by atoms with Crippen LogP contribution >= 0.6 is 11.3 Å². The van der Waals surface area contributed by atoms with Gasteiger partial charge >= 0.3 is 0 Å². The largest absolute Gasteiger partial charge is 0.369 e. The van der Waals surface area contributed by atoms with Crippen LogP contribution in [0.5, 0.6) is 0 Å². The maximum atomic E-state index is 5.09. The third-order valence-corrected chi connectivity index (χ3v) is 2.20. The van der Waals surface area contributed by atoms with Crippen molar-refractivity contribution >= 4 is 23.5 Å². The van der Waals surface area contributed by atoms with Crippen molar-refractivity contribution in [1.82, 2.24) is 0 Å². The highest BCUT2D eigenvalue weighted by atomic mass is 32.1. The van der Waals surface area contributed by atoms with E-state index in [1.165, 1.54) is 5.56 Å². The van der Waals surface area contributed by atoms with Gasteiger partial charge in [-0.3, -0.25) is 0 Å². The highest BCUT2D eigenvalue weighted by Crippen LogP contribution is 2.12. The number of guanidine groups is 1. The molecule has 0 amide bonds. The number of hydrogen-bond acceptors (Lipinski definition) is 3. The average Bonchev–Trinajstić information content (AvgIpc) is 2.36. The molecule has 5 heteroatoms. The van der Waals surface area contributed by atoms with Crippen LogP contribution in [0, 0.1) is 6.92 Å². The molecule has 0 aromatic carbocycles. The minimum absolute atomic E-state index is 0.0274. The SMILES string of the molecule is Cc1ccsc1/C=N/N=C(N)N. The van der Waals surface area contributed by atoms with Crippen LogP contribution in [0.4, 0.5) is 0 Å². The number of nitrogens with zero attached hydrogens (tertiary/aromatic N) is 2. The summed E-state index contributed by atoms with van der Waals surface area (Å²) >= 11 is 1.60. The Balaban J connectivity index is 2.70. The van der Waals surface area contributed by atoms with Crippen LogP contribution in [0.2, 0.25) is 0 Å². The van der Waals surface area contributed by atoms with Crippen molar-refractivity contribution in [1.29, 1.82) is 0 Å². The molecule has 0 saturated carbocycles. The van der Waals surface area contributed by atoms with Crippen LogP contribution in [0.3, 0.4) is 0 Å². The zero-order valence-electron chi connectivity index (χ0n) is 6.69. The summed E-state index contributed by atoms with van der Waals surface area (Å²) in [5, 5.41) is 9.18. The molecule has 0 aliphatic carbocycles. The van der Waals surface area contributed by atoms with Crippen molar-refractivity contribution < 1.29 is 0 Å². The molecule has 12 heavy (non-hydrogen) atoms. The molecule has 0 aliphatic rings. The zero-order chi connectivity index (χ0) is 8.97. The van der Waals surface area contributed by atoms with Crippen molar-refractivity contribution in [3.05, 3.63) is 21.9 Å². The second-order valence-corrected chi connectivity index (χ2v) is 3.18. The normalized spacial score (nSPS) is 10.4. The fourth-order valence-corrected chi connectivity index (χ4v) is 1.45. The van der Waals surface area contributed by atoms with Crippen LogP contribution in [-0.2, 0) is 0 Å². The van der Waals surface area contributed by atoms with Crippen molar-refractivity contribution in [3.8, 4) is 0 Å². The third-order valence-electron chi connectivity index (χ3n) is 1.25. The second-order valence-electron chi connectivity index (χ2n) is 2.24. The first-order valence-corrected chi connectivity index (χ1v) is 4.24. The van der Waals surface area contributed by atoms with Crippen molar-refractivity contribution in [3.63, 3.8) is 0 Å². The number of thiophene rings is 1. The molecule has 1 heterocycles. The van der Waals surface area contributed by atoms with Gasteiger partial charge in [-0.2, -0.15) is 5.10 Å². The molecule has 4 nitrogen and oxygen atoms in total. The van der Waals surface area contributed by atoms with Crippen LogP contribution in [0.1, 0.15) is 10.4 Å². The van der Waals surface area contributed by atoms with E-state index in [9.17, 15) is 0 Å². The van der Waals surface area contributed by atoms with Gasteiger partial charge in [0.05, 0.1) is 11.1 Å². The van der Waals surface area contributed by atoms with E-state index in [1.54, 1.807) is 17.6 Å². The first-order chi connectivity index (χ1) is 5.70. The van der Waals surface area contributed by atoms with Crippen molar-refractivity contribution in [2.24, 2.45) is 21.7 Å². The molecule has 0 bridgehead atoms. The van der Waals surface area contributed by atoms with Crippen LogP contribution in [-0.4, -0.2) is 12.2 Å². The van der Waals surface area contributed by atoms with Crippen LogP contribution < -0.4 is 11.5 Å². The lowest BCUT2D eigenvalue weighted by molar-refractivity contribution is 1.22. The van der Waals surface area contributed by atoms with E-state index in [1.807, 2.05) is 18.4 Å². The Labute approximate surface area is 74.6 Å². The topological polar surface area (TPSA) is 76.8 Å². The Morgan fingerprint density at radius 2 is 2.33 bits per heavy atom. The molecule has 1 rings (SSSR count). The second kappa shape index (κ2) is 3.87. The van der Waals surface area contributed by atoms with Crippen LogP contribution in [0.15, 0.2) is 21.6 Å².